The van der Waals surface area contributed by atoms with Gasteiger partial charge in [0.05, 0.1) is 0 Å². The Labute approximate surface area is 179 Å². The van der Waals surface area contributed by atoms with E-state index in [4.69, 9.17) is 0 Å². The topological polar surface area (TPSA) is 0 Å². The van der Waals surface area contributed by atoms with Gasteiger partial charge in [-0.2, -0.15) is 0 Å². The fraction of sp³-hybridized carbons (Fsp3) is 0.200. The van der Waals surface area contributed by atoms with Crippen LogP contribution in [0.2, 0.25) is 0 Å². The van der Waals surface area contributed by atoms with E-state index in [1.807, 2.05) is 0 Å². The fourth-order valence-corrected chi connectivity index (χ4v) is 6.05. The number of rotatable bonds is 3. The summed E-state index contributed by atoms with van der Waals surface area (Å²) < 4.78 is 0. The predicted octanol–water partition coefficient (Wildman–Crippen LogP) is 8.01. The van der Waals surface area contributed by atoms with Crippen molar-refractivity contribution in [2.24, 2.45) is 0 Å². The standard InChI is InChI=1S/C30H26/c1-19-9-7-15-27-23(21-11-3-5-13-25(21)29(19)27)17-18-24-22-12-4-6-14-26(22)30-20(2)10-8-16-28(24)30/h3-16,23-24H,17-18H2,1-2H3. The molecule has 0 aliphatic heterocycles. The number of fused-ring (bicyclic) bond motifs is 6. The zero-order valence-corrected chi connectivity index (χ0v) is 17.7. The molecule has 0 aromatic heterocycles. The van der Waals surface area contributed by atoms with Gasteiger partial charge in [-0.25, -0.2) is 0 Å². The Hall–Kier alpha value is -3.12. The lowest BCUT2D eigenvalue weighted by Crippen LogP contribution is -2.03. The van der Waals surface area contributed by atoms with Gasteiger partial charge in [0, 0.05) is 11.8 Å². The highest BCUT2D eigenvalue weighted by Gasteiger charge is 2.33. The molecule has 0 spiro atoms. The molecule has 2 atom stereocenters. The van der Waals surface area contributed by atoms with Crippen LogP contribution in [0, 0.1) is 13.8 Å². The molecular formula is C30H26. The molecule has 0 fully saturated rings. The van der Waals surface area contributed by atoms with Crippen LogP contribution in [0.3, 0.4) is 0 Å². The third-order valence-electron chi connectivity index (χ3n) is 7.32. The van der Waals surface area contributed by atoms with Crippen molar-refractivity contribution in [1.29, 1.82) is 0 Å². The van der Waals surface area contributed by atoms with Crippen molar-refractivity contribution in [3.8, 4) is 22.3 Å². The van der Waals surface area contributed by atoms with Crippen LogP contribution in [-0.2, 0) is 0 Å². The predicted molar refractivity (Wildman–Crippen MR) is 126 cm³/mol. The second-order valence-corrected chi connectivity index (χ2v) is 8.94. The summed E-state index contributed by atoms with van der Waals surface area (Å²) in [6, 6.07) is 31.8. The van der Waals surface area contributed by atoms with E-state index in [0.29, 0.717) is 11.8 Å². The van der Waals surface area contributed by atoms with Gasteiger partial charge in [0.2, 0.25) is 0 Å². The van der Waals surface area contributed by atoms with E-state index in [0.717, 1.165) is 0 Å². The molecule has 0 heterocycles. The summed E-state index contributed by atoms with van der Waals surface area (Å²) >= 11 is 0. The molecule has 0 nitrogen and oxygen atoms in total. The molecule has 0 N–H and O–H groups in total. The molecule has 146 valence electrons. The lowest BCUT2D eigenvalue weighted by molar-refractivity contribution is 0.626. The van der Waals surface area contributed by atoms with Crippen LogP contribution in [0.5, 0.6) is 0 Å². The van der Waals surface area contributed by atoms with Gasteiger partial charge in [0.1, 0.15) is 0 Å². The fourth-order valence-electron chi connectivity index (χ4n) is 6.05. The molecule has 2 aliphatic carbocycles. The largest absolute Gasteiger partial charge is 0.0619 e. The summed E-state index contributed by atoms with van der Waals surface area (Å²) in [5, 5.41) is 0. The molecule has 2 aliphatic rings. The Bertz CT molecular complexity index is 1180. The molecule has 2 unspecified atom stereocenters. The summed E-state index contributed by atoms with van der Waals surface area (Å²) in [6.45, 7) is 4.51. The number of hydrogen-bond acceptors (Lipinski definition) is 0. The van der Waals surface area contributed by atoms with E-state index in [-0.39, 0.29) is 0 Å². The van der Waals surface area contributed by atoms with Gasteiger partial charge in [-0.3, -0.25) is 0 Å². The van der Waals surface area contributed by atoms with Gasteiger partial charge in [-0.15, -0.1) is 0 Å². The van der Waals surface area contributed by atoms with E-state index < -0.39 is 0 Å². The molecule has 0 saturated heterocycles. The summed E-state index contributed by atoms with van der Waals surface area (Å²) in [7, 11) is 0. The van der Waals surface area contributed by atoms with Crippen molar-refractivity contribution in [1.82, 2.24) is 0 Å². The van der Waals surface area contributed by atoms with E-state index in [1.165, 1.54) is 68.5 Å². The summed E-state index contributed by atoms with van der Waals surface area (Å²) in [5.41, 5.74) is 14.7. The van der Waals surface area contributed by atoms with Crippen LogP contribution in [0.4, 0.5) is 0 Å². The van der Waals surface area contributed by atoms with Gasteiger partial charge in [-0.05, 0) is 82.3 Å². The Morgan fingerprint density at radius 1 is 0.467 bits per heavy atom. The molecule has 0 amide bonds. The first kappa shape index (κ1) is 17.7. The van der Waals surface area contributed by atoms with Crippen LogP contribution in [0.25, 0.3) is 22.3 Å². The van der Waals surface area contributed by atoms with Crippen LogP contribution >= 0.6 is 0 Å². The first-order valence-electron chi connectivity index (χ1n) is 11.1. The Balaban J connectivity index is 1.40. The van der Waals surface area contributed by atoms with Gasteiger partial charge in [0.15, 0.2) is 0 Å². The second kappa shape index (κ2) is 6.71. The summed E-state index contributed by atoms with van der Waals surface area (Å²) in [6.07, 6.45) is 2.36. The lowest BCUT2D eigenvalue weighted by Gasteiger charge is -2.19. The van der Waals surface area contributed by atoms with Crippen molar-refractivity contribution in [3.63, 3.8) is 0 Å². The highest BCUT2D eigenvalue weighted by Crippen LogP contribution is 2.52. The molecule has 0 heteroatoms. The van der Waals surface area contributed by atoms with Gasteiger partial charge in [-0.1, -0.05) is 84.9 Å². The Morgan fingerprint density at radius 3 is 1.33 bits per heavy atom. The van der Waals surface area contributed by atoms with E-state index in [9.17, 15) is 0 Å². The summed E-state index contributed by atoms with van der Waals surface area (Å²) in [5.74, 6) is 0.995. The third kappa shape index (κ3) is 2.46. The molecule has 0 radical (unpaired) electrons. The third-order valence-corrected chi connectivity index (χ3v) is 7.32. The minimum Gasteiger partial charge on any atom is -0.0619 e. The number of aryl methyl sites for hydroxylation is 2. The highest BCUT2D eigenvalue weighted by molar-refractivity contribution is 5.82. The average molecular weight is 387 g/mol. The van der Waals surface area contributed by atoms with Gasteiger partial charge >= 0.3 is 0 Å². The van der Waals surface area contributed by atoms with Crippen molar-refractivity contribution < 1.29 is 0 Å². The second-order valence-electron chi connectivity index (χ2n) is 8.94. The molecule has 0 saturated carbocycles. The monoisotopic (exact) mass is 386 g/mol. The first-order chi connectivity index (χ1) is 14.7. The van der Waals surface area contributed by atoms with Crippen LogP contribution in [0.15, 0.2) is 84.9 Å². The van der Waals surface area contributed by atoms with Gasteiger partial charge in [0.25, 0.3) is 0 Å². The minimum atomic E-state index is 0.497. The summed E-state index contributed by atoms with van der Waals surface area (Å²) in [4.78, 5) is 0. The number of benzene rings is 4. The van der Waals surface area contributed by atoms with Gasteiger partial charge < -0.3 is 0 Å². The Kier molecular flexibility index (Phi) is 3.96. The lowest BCUT2D eigenvalue weighted by atomic mass is 9.85. The van der Waals surface area contributed by atoms with Crippen molar-refractivity contribution in [3.05, 3.63) is 118 Å². The maximum atomic E-state index is 2.35. The first-order valence-corrected chi connectivity index (χ1v) is 11.1. The maximum absolute atomic E-state index is 2.35. The normalized spacial score (nSPS) is 17.9. The molecule has 30 heavy (non-hydrogen) atoms. The molecule has 0 bridgehead atoms. The number of hydrogen-bond donors (Lipinski definition) is 0. The molecule has 4 aromatic carbocycles. The highest BCUT2D eigenvalue weighted by atomic mass is 14.4. The van der Waals surface area contributed by atoms with Crippen LogP contribution < -0.4 is 0 Å². The quantitative estimate of drug-likeness (QED) is 0.334. The zero-order valence-electron chi connectivity index (χ0n) is 17.7. The SMILES string of the molecule is Cc1cccc2c1-c1ccccc1C2CCC1c2ccccc2-c2c(C)cccc21. The minimum absolute atomic E-state index is 0.497. The smallest absolute Gasteiger partial charge is 0.0102 e. The van der Waals surface area contributed by atoms with E-state index >= 15 is 0 Å². The van der Waals surface area contributed by atoms with E-state index in [2.05, 4.69) is 98.8 Å². The maximum Gasteiger partial charge on any atom is 0.0102 e. The van der Waals surface area contributed by atoms with E-state index in [1.54, 1.807) is 0 Å². The van der Waals surface area contributed by atoms with Crippen LogP contribution in [0.1, 0.15) is 58.1 Å². The van der Waals surface area contributed by atoms with Crippen molar-refractivity contribution in [2.45, 2.75) is 38.5 Å². The van der Waals surface area contributed by atoms with Crippen molar-refractivity contribution >= 4 is 0 Å². The zero-order chi connectivity index (χ0) is 20.2. The Morgan fingerprint density at radius 2 is 0.867 bits per heavy atom. The molecule has 4 aromatic rings. The van der Waals surface area contributed by atoms with Crippen molar-refractivity contribution in [2.75, 3.05) is 0 Å². The molecular weight excluding hydrogens is 360 g/mol. The average Bonchev–Trinajstić information content (AvgIpc) is 3.27. The van der Waals surface area contributed by atoms with Crippen LogP contribution in [-0.4, -0.2) is 0 Å². The molecule has 6 rings (SSSR count).